The number of hydrogen-bond acceptors (Lipinski definition) is 4. The molecule has 1 saturated heterocycles. The molecule has 88 valence electrons. The number of ether oxygens (including phenoxy) is 1. The van der Waals surface area contributed by atoms with E-state index in [-0.39, 0.29) is 18.1 Å². The van der Waals surface area contributed by atoms with Crippen molar-refractivity contribution in [3.8, 4) is 0 Å². The standard InChI is InChI=1S/C10H15N3O2S/c1-7-8(11-3-5-15-7)9(14)12-10-13(2)4-6-16-10/h4,6-8,11H,3,5H2,1-2H3/t7-,8+/m1/s1. The largest absolute Gasteiger partial charge is 0.375 e. The summed E-state index contributed by atoms with van der Waals surface area (Å²) in [6.45, 7) is 3.24. The van der Waals surface area contributed by atoms with Gasteiger partial charge >= 0.3 is 0 Å². The van der Waals surface area contributed by atoms with E-state index in [0.29, 0.717) is 18.0 Å². The summed E-state index contributed by atoms with van der Waals surface area (Å²) in [6, 6.07) is -0.323. The number of nitrogens with zero attached hydrogens (tertiary/aromatic N) is 2. The monoisotopic (exact) mass is 241 g/mol. The summed E-state index contributed by atoms with van der Waals surface area (Å²) in [5, 5.41) is 5.03. The van der Waals surface area contributed by atoms with Crippen molar-refractivity contribution >= 4 is 17.2 Å². The number of amides is 1. The summed E-state index contributed by atoms with van der Waals surface area (Å²) in [7, 11) is 1.87. The molecule has 5 nitrogen and oxygen atoms in total. The smallest absolute Gasteiger partial charge is 0.268 e. The molecular weight excluding hydrogens is 226 g/mol. The third-order valence-electron chi connectivity index (χ3n) is 2.55. The molecule has 0 saturated carbocycles. The van der Waals surface area contributed by atoms with Gasteiger partial charge in [0.05, 0.1) is 12.7 Å². The fraction of sp³-hybridized carbons (Fsp3) is 0.600. The van der Waals surface area contributed by atoms with Gasteiger partial charge in [0.2, 0.25) is 0 Å². The number of rotatable bonds is 1. The maximum absolute atomic E-state index is 11.9. The molecule has 16 heavy (non-hydrogen) atoms. The van der Waals surface area contributed by atoms with Crippen LogP contribution in [0.25, 0.3) is 0 Å². The molecule has 0 aromatic carbocycles. The number of aryl methyl sites for hydroxylation is 1. The Labute approximate surface area is 97.8 Å². The molecule has 0 spiro atoms. The van der Waals surface area contributed by atoms with Gasteiger partial charge in [0, 0.05) is 25.2 Å². The van der Waals surface area contributed by atoms with Gasteiger partial charge in [0.15, 0.2) is 4.80 Å². The topological polar surface area (TPSA) is 55.6 Å². The van der Waals surface area contributed by atoms with E-state index in [0.717, 1.165) is 0 Å². The van der Waals surface area contributed by atoms with Crippen LogP contribution in [0.5, 0.6) is 0 Å². The van der Waals surface area contributed by atoms with E-state index in [2.05, 4.69) is 10.3 Å². The molecule has 0 radical (unpaired) electrons. The highest BCUT2D eigenvalue weighted by Crippen LogP contribution is 2.05. The third kappa shape index (κ3) is 2.40. The van der Waals surface area contributed by atoms with Crippen molar-refractivity contribution in [3.63, 3.8) is 0 Å². The number of nitrogens with one attached hydrogen (secondary N) is 1. The molecule has 1 N–H and O–H groups in total. The van der Waals surface area contributed by atoms with E-state index < -0.39 is 0 Å². The first-order valence-electron chi connectivity index (χ1n) is 5.22. The van der Waals surface area contributed by atoms with Gasteiger partial charge in [0.1, 0.15) is 6.04 Å². The second kappa shape index (κ2) is 4.90. The van der Waals surface area contributed by atoms with Crippen LogP contribution in [0.3, 0.4) is 0 Å². The predicted molar refractivity (Wildman–Crippen MR) is 61.1 cm³/mol. The first-order chi connectivity index (χ1) is 7.68. The first kappa shape index (κ1) is 11.5. The highest BCUT2D eigenvalue weighted by Gasteiger charge is 2.27. The van der Waals surface area contributed by atoms with E-state index in [1.807, 2.05) is 30.1 Å². The molecule has 6 heteroatoms. The summed E-state index contributed by atoms with van der Waals surface area (Å²) in [4.78, 5) is 16.7. The van der Waals surface area contributed by atoms with Crippen LogP contribution in [0.4, 0.5) is 0 Å². The molecule has 1 fully saturated rings. The molecule has 2 rings (SSSR count). The minimum atomic E-state index is -0.323. The SMILES string of the molecule is C[C@H]1OCCN[C@@H]1C(=O)N=c1sccn1C. The van der Waals surface area contributed by atoms with Gasteiger partial charge < -0.3 is 14.6 Å². The van der Waals surface area contributed by atoms with E-state index >= 15 is 0 Å². The Morgan fingerprint density at radius 3 is 3.19 bits per heavy atom. The molecule has 0 bridgehead atoms. The lowest BCUT2D eigenvalue weighted by Crippen LogP contribution is -2.51. The van der Waals surface area contributed by atoms with Crippen LogP contribution < -0.4 is 10.1 Å². The minimum Gasteiger partial charge on any atom is -0.375 e. The minimum absolute atomic E-state index is 0.115. The average Bonchev–Trinajstić information content (AvgIpc) is 2.65. The van der Waals surface area contributed by atoms with Crippen LogP contribution in [0.15, 0.2) is 16.6 Å². The Balaban J connectivity index is 2.17. The number of aromatic nitrogens is 1. The maximum atomic E-state index is 11.9. The van der Waals surface area contributed by atoms with Gasteiger partial charge in [-0.1, -0.05) is 0 Å². The van der Waals surface area contributed by atoms with Crippen LogP contribution in [0.1, 0.15) is 6.92 Å². The van der Waals surface area contributed by atoms with Crippen LogP contribution in [-0.2, 0) is 16.6 Å². The zero-order valence-corrected chi connectivity index (χ0v) is 10.2. The molecule has 2 atom stereocenters. The van der Waals surface area contributed by atoms with Crippen molar-refractivity contribution in [2.45, 2.75) is 19.1 Å². The maximum Gasteiger partial charge on any atom is 0.268 e. The van der Waals surface area contributed by atoms with Gasteiger partial charge in [-0.05, 0) is 6.92 Å². The molecule has 1 aromatic rings. The lowest BCUT2D eigenvalue weighted by Gasteiger charge is -2.27. The lowest BCUT2D eigenvalue weighted by atomic mass is 10.1. The normalized spacial score (nSPS) is 27.0. The highest BCUT2D eigenvalue weighted by molar-refractivity contribution is 7.07. The Kier molecular flexibility index (Phi) is 3.52. The van der Waals surface area contributed by atoms with Gasteiger partial charge in [-0.3, -0.25) is 4.79 Å². The molecule has 1 aliphatic heterocycles. The number of morpholine rings is 1. The van der Waals surface area contributed by atoms with Gasteiger partial charge in [-0.25, -0.2) is 0 Å². The van der Waals surface area contributed by atoms with Gasteiger partial charge in [-0.15, -0.1) is 11.3 Å². The summed E-state index contributed by atoms with van der Waals surface area (Å²) in [5.41, 5.74) is 0. The van der Waals surface area contributed by atoms with Crippen molar-refractivity contribution in [2.24, 2.45) is 12.0 Å². The van der Waals surface area contributed by atoms with Gasteiger partial charge in [-0.2, -0.15) is 4.99 Å². The van der Waals surface area contributed by atoms with E-state index in [1.54, 1.807) is 0 Å². The van der Waals surface area contributed by atoms with E-state index in [4.69, 9.17) is 4.74 Å². The van der Waals surface area contributed by atoms with Crippen LogP contribution in [-0.4, -0.2) is 35.8 Å². The Morgan fingerprint density at radius 2 is 2.56 bits per heavy atom. The molecular formula is C10H15N3O2S. The van der Waals surface area contributed by atoms with Crippen LogP contribution in [0.2, 0.25) is 0 Å². The second-order valence-electron chi connectivity index (χ2n) is 3.75. The number of thiazole rings is 1. The number of hydrogen-bond donors (Lipinski definition) is 1. The van der Waals surface area contributed by atoms with E-state index in [1.165, 1.54) is 11.3 Å². The fourth-order valence-corrected chi connectivity index (χ4v) is 2.34. The van der Waals surface area contributed by atoms with Crippen molar-refractivity contribution in [1.29, 1.82) is 0 Å². The summed E-state index contributed by atoms with van der Waals surface area (Å²) < 4.78 is 7.24. The molecule has 0 aliphatic carbocycles. The quantitative estimate of drug-likeness (QED) is 0.746. The Bertz CT molecular complexity index is 437. The van der Waals surface area contributed by atoms with Crippen LogP contribution >= 0.6 is 11.3 Å². The third-order valence-corrected chi connectivity index (χ3v) is 3.40. The van der Waals surface area contributed by atoms with Crippen molar-refractivity contribution in [2.75, 3.05) is 13.2 Å². The fourth-order valence-electron chi connectivity index (χ4n) is 1.61. The zero-order chi connectivity index (χ0) is 11.5. The van der Waals surface area contributed by atoms with Crippen LogP contribution in [0, 0.1) is 0 Å². The molecule has 2 heterocycles. The number of carbonyl (C=O) groups excluding carboxylic acids is 1. The lowest BCUT2D eigenvalue weighted by molar-refractivity contribution is -0.125. The Hall–Kier alpha value is -0.980. The summed E-state index contributed by atoms with van der Waals surface area (Å²) >= 11 is 1.45. The predicted octanol–water partition coefficient (Wildman–Crippen LogP) is -0.109. The highest BCUT2D eigenvalue weighted by atomic mass is 32.1. The Morgan fingerprint density at radius 1 is 1.75 bits per heavy atom. The molecule has 0 unspecified atom stereocenters. The van der Waals surface area contributed by atoms with Crippen molar-refractivity contribution < 1.29 is 9.53 Å². The summed E-state index contributed by atoms with van der Waals surface area (Å²) in [6.07, 6.45) is 1.76. The summed E-state index contributed by atoms with van der Waals surface area (Å²) in [5.74, 6) is -0.162. The molecule has 1 aromatic heterocycles. The van der Waals surface area contributed by atoms with Gasteiger partial charge in [0.25, 0.3) is 5.91 Å². The number of carbonyl (C=O) groups is 1. The zero-order valence-electron chi connectivity index (χ0n) is 9.34. The van der Waals surface area contributed by atoms with E-state index in [9.17, 15) is 4.79 Å². The second-order valence-corrected chi connectivity index (χ2v) is 4.63. The van der Waals surface area contributed by atoms with Crippen molar-refractivity contribution in [3.05, 3.63) is 16.4 Å². The first-order valence-corrected chi connectivity index (χ1v) is 6.10. The average molecular weight is 241 g/mol. The molecule has 1 amide bonds. The molecule has 1 aliphatic rings. The van der Waals surface area contributed by atoms with Crippen molar-refractivity contribution in [1.82, 2.24) is 9.88 Å².